The van der Waals surface area contributed by atoms with Gasteiger partial charge in [-0.05, 0) is 65.1 Å². The van der Waals surface area contributed by atoms with E-state index in [1.807, 2.05) is 35.2 Å². The molecule has 0 saturated carbocycles. The van der Waals surface area contributed by atoms with E-state index in [0.717, 1.165) is 18.4 Å². The standard InChI is InChI=1S/C23H34N2O5/c1-4-29-22(27)19(14-13-18-11-7-6-8-12-18)24-17(3)21(26)20(23(28)30-5-2)25-15-9-10-16-25/h6-8,11-12,17,19-20,24H,4-5,9-10,13-16H2,1-3H3/t17-,19-,20-/m0/s1. The molecular formula is C23H34N2O5. The van der Waals surface area contributed by atoms with Gasteiger partial charge in [-0.3, -0.25) is 19.8 Å². The minimum Gasteiger partial charge on any atom is -0.465 e. The van der Waals surface area contributed by atoms with Crippen molar-refractivity contribution in [2.75, 3.05) is 26.3 Å². The van der Waals surface area contributed by atoms with Gasteiger partial charge in [0, 0.05) is 0 Å². The molecule has 0 radical (unpaired) electrons. The highest BCUT2D eigenvalue weighted by atomic mass is 16.5. The van der Waals surface area contributed by atoms with Crippen molar-refractivity contribution < 1.29 is 23.9 Å². The predicted molar refractivity (Wildman–Crippen MR) is 114 cm³/mol. The molecule has 1 aliphatic rings. The molecule has 0 amide bonds. The third-order valence-electron chi connectivity index (χ3n) is 5.30. The molecule has 1 aliphatic heterocycles. The molecule has 0 unspecified atom stereocenters. The van der Waals surface area contributed by atoms with Gasteiger partial charge in [0.25, 0.3) is 0 Å². The number of benzene rings is 1. The van der Waals surface area contributed by atoms with E-state index in [1.54, 1.807) is 20.8 Å². The van der Waals surface area contributed by atoms with Gasteiger partial charge in [-0.15, -0.1) is 0 Å². The molecule has 166 valence electrons. The third kappa shape index (κ3) is 6.92. The number of carbonyl (C=O) groups excluding carboxylic acids is 3. The summed E-state index contributed by atoms with van der Waals surface area (Å²) in [6.45, 7) is 7.05. The maximum Gasteiger partial charge on any atom is 0.331 e. The average Bonchev–Trinajstić information content (AvgIpc) is 3.26. The van der Waals surface area contributed by atoms with E-state index in [9.17, 15) is 14.4 Å². The Morgan fingerprint density at radius 2 is 1.60 bits per heavy atom. The maximum absolute atomic E-state index is 13.2. The van der Waals surface area contributed by atoms with Gasteiger partial charge in [-0.25, -0.2) is 4.79 Å². The van der Waals surface area contributed by atoms with Crippen molar-refractivity contribution in [3.05, 3.63) is 35.9 Å². The van der Waals surface area contributed by atoms with E-state index in [2.05, 4.69) is 5.32 Å². The second-order valence-corrected chi connectivity index (χ2v) is 7.52. The van der Waals surface area contributed by atoms with Crippen LogP contribution in [0.15, 0.2) is 30.3 Å². The number of likely N-dealkylation sites (tertiary alicyclic amines) is 1. The molecular weight excluding hydrogens is 384 g/mol. The van der Waals surface area contributed by atoms with Crippen LogP contribution in [0.2, 0.25) is 0 Å². The van der Waals surface area contributed by atoms with E-state index in [1.165, 1.54) is 0 Å². The first-order chi connectivity index (χ1) is 14.5. The normalized spacial score (nSPS) is 17.2. The molecule has 1 heterocycles. The number of ether oxygens (including phenoxy) is 2. The first-order valence-corrected chi connectivity index (χ1v) is 10.9. The molecule has 2 rings (SSSR count). The van der Waals surface area contributed by atoms with Gasteiger partial charge >= 0.3 is 11.9 Å². The lowest BCUT2D eigenvalue weighted by Gasteiger charge is -2.28. The summed E-state index contributed by atoms with van der Waals surface area (Å²) < 4.78 is 10.4. The molecule has 7 nitrogen and oxygen atoms in total. The Balaban J connectivity index is 2.08. The van der Waals surface area contributed by atoms with Crippen LogP contribution in [-0.4, -0.2) is 67.1 Å². The van der Waals surface area contributed by atoms with Gasteiger partial charge in [-0.1, -0.05) is 30.3 Å². The Labute approximate surface area is 179 Å². The maximum atomic E-state index is 13.2. The largest absolute Gasteiger partial charge is 0.465 e. The van der Waals surface area contributed by atoms with Crippen molar-refractivity contribution in [2.24, 2.45) is 0 Å². The summed E-state index contributed by atoms with van der Waals surface area (Å²) in [6.07, 6.45) is 3.07. The van der Waals surface area contributed by atoms with Gasteiger partial charge in [0.2, 0.25) is 0 Å². The minimum absolute atomic E-state index is 0.223. The van der Waals surface area contributed by atoms with E-state index in [4.69, 9.17) is 9.47 Å². The molecule has 0 aromatic heterocycles. The summed E-state index contributed by atoms with van der Waals surface area (Å²) in [7, 11) is 0. The number of hydrogen-bond donors (Lipinski definition) is 1. The van der Waals surface area contributed by atoms with Gasteiger partial charge in [0.05, 0.1) is 19.3 Å². The molecule has 1 N–H and O–H groups in total. The number of aryl methyl sites for hydroxylation is 1. The van der Waals surface area contributed by atoms with Crippen LogP contribution in [0.25, 0.3) is 0 Å². The summed E-state index contributed by atoms with van der Waals surface area (Å²) in [4.78, 5) is 40.0. The number of nitrogens with one attached hydrogen (secondary N) is 1. The summed E-state index contributed by atoms with van der Waals surface area (Å²) in [5.41, 5.74) is 1.11. The van der Waals surface area contributed by atoms with Crippen LogP contribution in [0, 0.1) is 0 Å². The Hall–Kier alpha value is -2.25. The van der Waals surface area contributed by atoms with Crippen molar-refractivity contribution in [2.45, 2.75) is 64.6 Å². The average molecular weight is 419 g/mol. The fourth-order valence-electron chi connectivity index (χ4n) is 3.75. The number of ketones is 1. The molecule has 1 fully saturated rings. The summed E-state index contributed by atoms with van der Waals surface area (Å²) in [5.74, 6) is -1.18. The lowest BCUT2D eigenvalue weighted by atomic mass is 10.0. The summed E-state index contributed by atoms with van der Waals surface area (Å²) in [6, 6.07) is 7.59. The van der Waals surface area contributed by atoms with Crippen molar-refractivity contribution in [1.29, 1.82) is 0 Å². The lowest BCUT2D eigenvalue weighted by molar-refractivity contribution is -0.153. The van der Waals surface area contributed by atoms with Crippen LogP contribution in [-0.2, 0) is 30.3 Å². The highest BCUT2D eigenvalue weighted by Crippen LogP contribution is 2.16. The molecule has 0 spiro atoms. The zero-order valence-corrected chi connectivity index (χ0v) is 18.3. The Bertz CT molecular complexity index is 688. The fraction of sp³-hybridized carbons (Fsp3) is 0.609. The zero-order chi connectivity index (χ0) is 21.9. The van der Waals surface area contributed by atoms with Gasteiger partial charge < -0.3 is 9.47 Å². The topological polar surface area (TPSA) is 84.9 Å². The molecule has 3 atom stereocenters. The third-order valence-corrected chi connectivity index (χ3v) is 5.30. The Morgan fingerprint density at radius 3 is 2.20 bits per heavy atom. The fourth-order valence-corrected chi connectivity index (χ4v) is 3.75. The lowest BCUT2D eigenvalue weighted by Crippen LogP contribution is -2.55. The van der Waals surface area contributed by atoms with Crippen LogP contribution in [0.3, 0.4) is 0 Å². The van der Waals surface area contributed by atoms with Crippen molar-refractivity contribution in [3.63, 3.8) is 0 Å². The minimum atomic E-state index is -0.938. The quantitative estimate of drug-likeness (QED) is 0.411. The molecule has 1 aromatic rings. The first kappa shape index (κ1) is 24.0. The molecule has 1 aromatic carbocycles. The van der Waals surface area contributed by atoms with Crippen LogP contribution in [0.4, 0.5) is 0 Å². The van der Waals surface area contributed by atoms with Crippen molar-refractivity contribution in [3.8, 4) is 0 Å². The van der Waals surface area contributed by atoms with Gasteiger partial charge in [-0.2, -0.15) is 0 Å². The number of rotatable bonds is 12. The highest BCUT2D eigenvalue weighted by Gasteiger charge is 2.38. The zero-order valence-electron chi connectivity index (χ0n) is 18.3. The molecule has 0 bridgehead atoms. The number of hydrogen-bond acceptors (Lipinski definition) is 7. The van der Waals surface area contributed by atoms with E-state index in [0.29, 0.717) is 25.9 Å². The van der Waals surface area contributed by atoms with Crippen molar-refractivity contribution >= 4 is 17.7 Å². The summed E-state index contributed by atoms with van der Waals surface area (Å²) in [5, 5.41) is 3.11. The number of Topliss-reactive ketones (excluding diaryl/α,β-unsaturated/α-hetero) is 1. The van der Waals surface area contributed by atoms with Crippen LogP contribution >= 0.6 is 0 Å². The monoisotopic (exact) mass is 418 g/mol. The van der Waals surface area contributed by atoms with Crippen LogP contribution in [0.5, 0.6) is 0 Å². The molecule has 0 aliphatic carbocycles. The van der Waals surface area contributed by atoms with Crippen LogP contribution in [0.1, 0.15) is 45.6 Å². The van der Waals surface area contributed by atoms with Crippen LogP contribution < -0.4 is 5.32 Å². The Morgan fingerprint density at radius 1 is 1.00 bits per heavy atom. The van der Waals surface area contributed by atoms with Crippen molar-refractivity contribution in [1.82, 2.24) is 10.2 Å². The van der Waals surface area contributed by atoms with E-state index >= 15 is 0 Å². The number of nitrogens with zero attached hydrogens (tertiary/aromatic N) is 1. The van der Waals surface area contributed by atoms with E-state index in [-0.39, 0.29) is 25.0 Å². The second kappa shape index (κ2) is 12.4. The Kier molecular flexibility index (Phi) is 9.97. The smallest absolute Gasteiger partial charge is 0.331 e. The number of esters is 2. The predicted octanol–water partition coefficient (Wildman–Crippen LogP) is 2.13. The number of carbonyl (C=O) groups is 3. The van der Waals surface area contributed by atoms with Gasteiger partial charge in [0.1, 0.15) is 6.04 Å². The van der Waals surface area contributed by atoms with Gasteiger partial charge in [0.15, 0.2) is 11.8 Å². The molecule has 1 saturated heterocycles. The molecule has 30 heavy (non-hydrogen) atoms. The highest BCUT2D eigenvalue weighted by molar-refractivity contribution is 6.05. The SMILES string of the molecule is CCOC(=O)[C@H](C(=O)[C@H](C)N[C@@H](CCc1ccccc1)C(=O)OCC)N1CCCC1. The first-order valence-electron chi connectivity index (χ1n) is 10.9. The second-order valence-electron chi connectivity index (χ2n) is 7.52. The summed E-state index contributed by atoms with van der Waals surface area (Å²) >= 11 is 0. The molecule has 7 heteroatoms. The van der Waals surface area contributed by atoms with E-state index < -0.39 is 24.1 Å².